The number of likely N-dealkylation sites (N-methyl/N-ethyl adjacent to an activating group) is 1. The fourth-order valence-electron chi connectivity index (χ4n) is 2.67. The average molecular weight is 406 g/mol. The van der Waals surface area contributed by atoms with Gasteiger partial charge in [-0.1, -0.05) is 0 Å². The number of nitrogens with one attached hydrogen (secondary N) is 2. The summed E-state index contributed by atoms with van der Waals surface area (Å²) in [5, 5.41) is 9.84. The molecule has 0 aliphatic rings. The first-order chi connectivity index (χ1) is 13.1. The molecule has 1 heterocycles. The van der Waals surface area contributed by atoms with Crippen LogP contribution in [0.25, 0.3) is 11.4 Å². The Labute approximate surface area is 169 Å². The standard InChI is InChI=1S/C19H27N5O3S/c1-6-23(11-15(25)20-19(2,3)4)16(26)12-24-17(21-22-18(24)28)13-7-9-14(27-5)10-8-13/h7-10H,6,11-12H2,1-5H3,(H,20,25)(H,22,28). The zero-order valence-electron chi connectivity index (χ0n) is 16.9. The highest BCUT2D eigenvalue weighted by Crippen LogP contribution is 2.21. The number of H-pyrrole nitrogens is 1. The first-order valence-corrected chi connectivity index (χ1v) is 9.44. The first-order valence-electron chi connectivity index (χ1n) is 9.03. The summed E-state index contributed by atoms with van der Waals surface area (Å²) in [5.74, 6) is 0.867. The molecule has 0 saturated carbocycles. The van der Waals surface area contributed by atoms with Gasteiger partial charge in [0.05, 0.1) is 13.7 Å². The number of aromatic amines is 1. The normalized spacial score (nSPS) is 11.2. The number of benzene rings is 1. The van der Waals surface area contributed by atoms with Crippen LogP contribution in [-0.2, 0) is 16.1 Å². The Morgan fingerprint density at radius 1 is 1.29 bits per heavy atom. The highest BCUT2D eigenvalue weighted by molar-refractivity contribution is 7.71. The first kappa shape index (κ1) is 21.6. The van der Waals surface area contributed by atoms with Crippen LogP contribution in [0.5, 0.6) is 5.75 Å². The summed E-state index contributed by atoms with van der Waals surface area (Å²) >= 11 is 5.29. The summed E-state index contributed by atoms with van der Waals surface area (Å²) in [6.45, 7) is 7.93. The number of hydrogen-bond donors (Lipinski definition) is 2. The molecule has 2 rings (SSSR count). The van der Waals surface area contributed by atoms with Crippen LogP contribution in [0.3, 0.4) is 0 Å². The van der Waals surface area contributed by atoms with E-state index in [9.17, 15) is 9.59 Å². The highest BCUT2D eigenvalue weighted by atomic mass is 32.1. The van der Waals surface area contributed by atoms with E-state index in [-0.39, 0.29) is 30.4 Å². The van der Waals surface area contributed by atoms with E-state index in [4.69, 9.17) is 17.0 Å². The van der Waals surface area contributed by atoms with E-state index >= 15 is 0 Å². The molecule has 28 heavy (non-hydrogen) atoms. The van der Waals surface area contributed by atoms with Gasteiger partial charge in [0.15, 0.2) is 10.6 Å². The maximum absolute atomic E-state index is 12.8. The SMILES string of the molecule is CCN(CC(=O)NC(C)(C)C)C(=O)Cn1c(-c2ccc(OC)cc2)n[nH]c1=S. The van der Waals surface area contributed by atoms with Crippen molar-refractivity contribution < 1.29 is 14.3 Å². The van der Waals surface area contributed by atoms with Crippen LogP contribution >= 0.6 is 12.2 Å². The molecule has 9 heteroatoms. The van der Waals surface area contributed by atoms with Gasteiger partial charge in [-0.05, 0) is 64.2 Å². The zero-order chi connectivity index (χ0) is 20.9. The van der Waals surface area contributed by atoms with E-state index in [1.807, 2.05) is 52.0 Å². The van der Waals surface area contributed by atoms with E-state index in [1.54, 1.807) is 11.7 Å². The number of amides is 2. The van der Waals surface area contributed by atoms with Crippen LogP contribution in [0.15, 0.2) is 24.3 Å². The van der Waals surface area contributed by atoms with Crippen molar-refractivity contribution in [1.82, 2.24) is 25.0 Å². The lowest BCUT2D eigenvalue weighted by atomic mass is 10.1. The molecular weight excluding hydrogens is 378 g/mol. The third-order valence-electron chi connectivity index (χ3n) is 3.98. The minimum absolute atomic E-state index is 0.00432. The summed E-state index contributed by atoms with van der Waals surface area (Å²) in [7, 11) is 1.60. The summed E-state index contributed by atoms with van der Waals surface area (Å²) in [5.41, 5.74) is 0.447. The molecule has 0 atom stereocenters. The second-order valence-corrected chi connectivity index (χ2v) is 7.76. The quantitative estimate of drug-likeness (QED) is 0.690. The third kappa shape index (κ3) is 5.66. The topological polar surface area (TPSA) is 92.2 Å². The largest absolute Gasteiger partial charge is 0.497 e. The smallest absolute Gasteiger partial charge is 0.243 e. The van der Waals surface area contributed by atoms with Gasteiger partial charge >= 0.3 is 0 Å². The van der Waals surface area contributed by atoms with Crippen molar-refractivity contribution in [3.63, 3.8) is 0 Å². The summed E-state index contributed by atoms with van der Waals surface area (Å²) in [6, 6.07) is 7.32. The average Bonchev–Trinajstić information content (AvgIpc) is 2.98. The van der Waals surface area contributed by atoms with E-state index in [0.29, 0.717) is 17.1 Å². The Balaban J connectivity index is 2.17. The molecule has 0 saturated heterocycles. The van der Waals surface area contributed by atoms with Gasteiger partial charge in [-0.25, -0.2) is 0 Å². The van der Waals surface area contributed by atoms with Crippen molar-refractivity contribution in [3.05, 3.63) is 29.0 Å². The van der Waals surface area contributed by atoms with Crippen molar-refractivity contribution in [2.75, 3.05) is 20.2 Å². The van der Waals surface area contributed by atoms with Gasteiger partial charge in [-0.15, -0.1) is 0 Å². The Morgan fingerprint density at radius 2 is 1.93 bits per heavy atom. The molecule has 0 bridgehead atoms. The van der Waals surface area contributed by atoms with Gasteiger partial charge in [-0.2, -0.15) is 5.10 Å². The molecular formula is C19H27N5O3S. The fraction of sp³-hybridized carbons (Fsp3) is 0.474. The lowest BCUT2D eigenvalue weighted by molar-refractivity contribution is -0.136. The molecule has 152 valence electrons. The van der Waals surface area contributed by atoms with Gasteiger partial charge in [0.1, 0.15) is 12.3 Å². The number of ether oxygens (including phenoxy) is 1. The second kappa shape index (κ2) is 9.01. The number of nitrogens with zero attached hydrogens (tertiary/aromatic N) is 3. The molecule has 0 aliphatic carbocycles. The zero-order valence-corrected chi connectivity index (χ0v) is 17.7. The van der Waals surface area contributed by atoms with Gasteiger partial charge in [0, 0.05) is 17.6 Å². The summed E-state index contributed by atoms with van der Waals surface area (Å²) in [6.07, 6.45) is 0. The predicted octanol–water partition coefficient (Wildman–Crippen LogP) is 2.38. The van der Waals surface area contributed by atoms with Crippen LogP contribution in [-0.4, -0.2) is 57.2 Å². The molecule has 0 spiro atoms. The highest BCUT2D eigenvalue weighted by Gasteiger charge is 2.21. The van der Waals surface area contributed by atoms with Gasteiger partial charge in [-0.3, -0.25) is 19.3 Å². The lowest BCUT2D eigenvalue weighted by Crippen LogP contribution is -2.47. The Hall–Kier alpha value is -2.68. The molecule has 0 unspecified atom stereocenters. The monoisotopic (exact) mass is 405 g/mol. The number of aromatic nitrogens is 3. The molecule has 2 N–H and O–H groups in total. The minimum atomic E-state index is -0.353. The molecule has 8 nitrogen and oxygen atoms in total. The van der Waals surface area contributed by atoms with Gasteiger partial charge < -0.3 is 15.0 Å². The Kier molecular flexibility index (Phi) is 6.95. The maximum Gasteiger partial charge on any atom is 0.243 e. The molecule has 2 amide bonds. The third-order valence-corrected chi connectivity index (χ3v) is 4.29. The van der Waals surface area contributed by atoms with Gasteiger partial charge in [0.2, 0.25) is 11.8 Å². The van der Waals surface area contributed by atoms with Crippen molar-refractivity contribution in [3.8, 4) is 17.1 Å². The molecule has 1 aromatic heterocycles. The predicted molar refractivity (Wildman–Crippen MR) is 110 cm³/mol. The summed E-state index contributed by atoms with van der Waals surface area (Å²) < 4.78 is 7.14. The minimum Gasteiger partial charge on any atom is -0.497 e. The number of methoxy groups -OCH3 is 1. The van der Waals surface area contributed by atoms with Crippen molar-refractivity contribution in [2.24, 2.45) is 0 Å². The molecule has 0 fully saturated rings. The molecule has 1 aromatic carbocycles. The maximum atomic E-state index is 12.8. The molecule has 2 aromatic rings. The molecule has 0 radical (unpaired) electrons. The van der Waals surface area contributed by atoms with E-state index < -0.39 is 0 Å². The van der Waals surface area contributed by atoms with Crippen molar-refractivity contribution >= 4 is 24.0 Å². The number of rotatable bonds is 7. The van der Waals surface area contributed by atoms with E-state index in [1.165, 1.54) is 4.90 Å². The van der Waals surface area contributed by atoms with Crippen LogP contribution in [0.2, 0.25) is 0 Å². The fourth-order valence-corrected chi connectivity index (χ4v) is 2.86. The Morgan fingerprint density at radius 3 is 2.46 bits per heavy atom. The van der Waals surface area contributed by atoms with Crippen LogP contribution in [0.4, 0.5) is 0 Å². The second-order valence-electron chi connectivity index (χ2n) is 7.37. The van der Waals surface area contributed by atoms with Gasteiger partial charge in [0.25, 0.3) is 0 Å². The number of carbonyl (C=O) groups excluding carboxylic acids is 2. The lowest BCUT2D eigenvalue weighted by Gasteiger charge is -2.25. The van der Waals surface area contributed by atoms with Crippen LogP contribution < -0.4 is 10.1 Å². The van der Waals surface area contributed by atoms with Crippen LogP contribution in [0.1, 0.15) is 27.7 Å². The van der Waals surface area contributed by atoms with E-state index in [2.05, 4.69) is 15.5 Å². The number of hydrogen-bond acceptors (Lipinski definition) is 5. The number of carbonyl (C=O) groups is 2. The van der Waals surface area contributed by atoms with Crippen molar-refractivity contribution in [1.29, 1.82) is 0 Å². The van der Waals surface area contributed by atoms with Crippen LogP contribution in [0, 0.1) is 4.77 Å². The molecule has 0 aliphatic heterocycles. The summed E-state index contributed by atoms with van der Waals surface area (Å²) in [4.78, 5) is 26.5. The Bertz CT molecular complexity index is 880. The van der Waals surface area contributed by atoms with Crippen molar-refractivity contribution in [2.45, 2.75) is 39.8 Å². The van der Waals surface area contributed by atoms with E-state index in [0.717, 1.165) is 11.3 Å².